The molecule has 0 spiro atoms. The molecule has 0 bridgehead atoms. The van der Waals surface area contributed by atoms with Crippen LogP contribution in [-0.2, 0) is 16.1 Å². The fourth-order valence-electron chi connectivity index (χ4n) is 3.29. The van der Waals surface area contributed by atoms with Gasteiger partial charge in [0.15, 0.2) is 0 Å². The van der Waals surface area contributed by atoms with E-state index >= 15 is 0 Å². The molecule has 5 heteroatoms. The summed E-state index contributed by atoms with van der Waals surface area (Å²) in [5.41, 5.74) is 4.19. The van der Waals surface area contributed by atoms with Gasteiger partial charge in [0.1, 0.15) is 5.70 Å². The Morgan fingerprint density at radius 1 is 0.862 bits per heavy atom. The van der Waals surface area contributed by atoms with Gasteiger partial charge in [0.2, 0.25) is 0 Å². The Labute approximate surface area is 178 Å². The maximum Gasteiger partial charge on any atom is 0.278 e. The first-order chi connectivity index (χ1) is 14.0. The van der Waals surface area contributed by atoms with Crippen LogP contribution in [0.5, 0.6) is 0 Å². The first-order valence-corrected chi connectivity index (χ1v) is 10.1. The van der Waals surface area contributed by atoms with Crippen LogP contribution in [0.1, 0.15) is 16.7 Å². The maximum absolute atomic E-state index is 13.3. The summed E-state index contributed by atoms with van der Waals surface area (Å²) in [6.07, 6.45) is 0. The molecule has 0 radical (unpaired) electrons. The lowest BCUT2D eigenvalue weighted by Crippen LogP contribution is -2.32. The number of carbonyl (C=O) groups excluding carboxylic acids is 2. The zero-order valence-corrected chi connectivity index (χ0v) is 17.4. The molecule has 1 aliphatic rings. The highest BCUT2D eigenvalue weighted by Gasteiger charge is 2.39. The van der Waals surface area contributed by atoms with Crippen molar-refractivity contribution in [2.24, 2.45) is 0 Å². The van der Waals surface area contributed by atoms with E-state index in [-0.39, 0.29) is 18.4 Å². The topological polar surface area (TPSA) is 49.4 Å². The largest absolute Gasteiger partial charge is 0.350 e. The number of aryl methyl sites for hydroxylation is 1. The fraction of sp³-hybridized carbons (Fsp3) is 0.0833. The van der Waals surface area contributed by atoms with Crippen LogP contribution in [-0.4, -0.2) is 16.7 Å². The molecule has 2 amide bonds. The van der Waals surface area contributed by atoms with Crippen molar-refractivity contribution in [3.8, 4) is 0 Å². The van der Waals surface area contributed by atoms with Gasteiger partial charge in [0, 0.05) is 10.2 Å². The molecule has 144 valence electrons. The summed E-state index contributed by atoms with van der Waals surface area (Å²) in [6.45, 7) is 2.24. The van der Waals surface area contributed by atoms with Crippen molar-refractivity contribution in [3.05, 3.63) is 106 Å². The van der Waals surface area contributed by atoms with Gasteiger partial charge in [0.25, 0.3) is 11.8 Å². The zero-order valence-electron chi connectivity index (χ0n) is 15.9. The van der Waals surface area contributed by atoms with Gasteiger partial charge in [-0.1, -0.05) is 82.2 Å². The van der Waals surface area contributed by atoms with E-state index in [1.165, 1.54) is 4.90 Å². The van der Waals surface area contributed by atoms with E-state index in [1.54, 1.807) is 0 Å². The number of benzene rings is 3. The smallest absolute Gasteiger partial charge is 0.278 e. The molecule has 1 heterocycles. The van der Waals surface area contributed by atoms with Crippen LogP contribution in [0.4, 0.5) is 5.69 Å². The first-order valence-electron chi connectivity index (χ1n) is 9.27. The number of hydrogen-bond donors (Lipinski definition) is 1. The number of nitrogens with zero attached hydrogens (tertiary/aromatic N) is 1. The Morgan fingerprint density at radius 2 is 1.59 bits per heavy atom. The van der Waals surface area contributed by atoms with E-state index in [0.717, 1.165) is 26.9 Å². The number of carbonyl (C=O) groups is 2. The molecule has 0 aromatic heterocycles. The van der Waals surface area contributed by atoms with Crippen molar-refractivity contribution in [3.63, 3.8) is 0 Å². The molecule has 4 rings (SSSR count). The maximum atomic E-state index is 13.3. The van der Waals surface area contributed by atoms with Crippen molar-refractivity contribution in [1.29, 1.82) is 0 Å². The van der Waals surface area contributed by atoms with Crippen molar-refractivity contribution >= 4 is 39.0 Å². The van der Waals surface area contributed by atoms with Crippen LogP contribution in [0.15, 0.2) is 89.0 Å². The highest BCUT2D eigenvalue weighted by atomic mass is 79.9. The molecular formula is C24H19BrN2O2. The number of imide groups is 1. The first kappa shape index (κ1) is 19.2. The van der Waals surface area contributed by atoms with Gasteiger partial charge in [0.05, 0.1) is 12.1 Å². The number of halogens is 1. The Bertz CT molecular complexity index is 1110. The molecule has 0 unspecified atom stereocenters. The highest BCUT2D eigenvalue weighted by Crippen LogP contribution is 2.32. The minimum Gasteiger partial charge on any atom is -0.350 e. The van der Waals surface area contributed by atoms with E-state index in [2.05, 4.69) is 21.2 Å². The molecule has 4 nitrogen and oxygen atoms in total. The summed E-state index contributed by atoms with van der Waals surface area (Å²) in [7, 11) is 0. The minimum atomic E-state index is -0.325. The lowest BCUT2D eigenvalue weighted by atomic mass is 10.0. The summed E-state index contributed by atoms with van der Waals surface area (Å²) in [5, 5.41) is 3.17. The van der Waals surface area contributed by atoms with E-state index < -0.39 is 0 Å². The average Bonchev–Trinajstić information content (AvgIpc) is 2.94. The van der Waals surface area contributed by atoms with Crippen molar-refractivity contribution in [1.82, 2.24) is 4.90 Å². The lowest BCUT2D eigenvalue weighted by molar-refractivity contribution is -0.137. The van der Waals surface area contributed by atoms with Gasteiger partial charge in [-0.05, 0) is 36.2 Å². The fourth-order valence-corrected chi connectivity index (χ4v) is 3.69. The molecule has 0 atom stereocenters. The summed E-state index contributed by atoms with van der Waals surface area (Å²) >= 11 is 3.44. The van der Waals surface area contributed by atoms with Gasteiger partial charge in [-0.2, -0.15) is 0 Å². The van der Waals surface area contributed by atoms with Crippen LogP contribution >= 0.6 is 15.9 Å². The molecular weight excluding hydrogens is 428 g/mol. The van der Waals surface area contributed by atoms with Crippen molar-refractivity contribution in [2.75, 3.05) is 5.32 Å². The molecule has 3 aromatic rings. The van der Waals surface area contributed by atoms with Crippen LogP contribution in [0.25, 0.3) is 5.57 Å². The Kier molecular flexibility index (Phi) is 5.32. The van der Waals surface area contributed by atoms with Crippen molar-refractivity contribution in [2.45, 2.75) is 13.5 Å². The predicted molar refractivity (Wildman–Crippen MR) is 118 cm³/mol. The lowest BCUT2D eigenvalue weighted by Gasteiger charge is -2.15. The van der Waals surface area contributed by atoms with E-state index in [1.807, 2.05) is 85.8 Å². The standard InChI is InChI=1S/C24H19BrN2O2/c1-16-10-12-17(13-11-16)15-27-23(28)21(18-6-3-2-4-7-18)22(24(27)29)26-20-9-5-8-19(25)14-20/h2-14,26H,15H2,1H3. The SMILES string of the molecule is Cc1ccc(CN2C(=O)C(Nc3cccc(Br)c3)=C(c3ccccc3)C2=O)cc1. The number of nitrogens with one attached hydrogen (secondary N) is 1. The number of hydrogen-bond acceptors (Lipinski definition) is 3. The molecule has 1 aliphatic heterocycles. The molecule has 29 heavy (non-hydrogen) atoms. The van der Waals surface area contributed by atoms with Gasteiger partial charge >= 0.3 is 0 Å². The van der Waals surface area contributed by atoms with Crippen LogP contribution in [0.3, 0.4) is 0 Å². The van der Waals surface area contributed by atoms with Gasteiger partial charge in [-0.15, -0.1) is 0 Å². The normalized spacial score (nSPS) is 13.9. The molecule has 3 aromatic carbocycles. The number of anilines is 1. The van der Waals surface area contributed by atoms with E-state index in [4.69, 9.17) is 0 Å². The molecule has 0 saturated heterocycles. The van der Waals surface area contributed by atoms with Crippen LogP contribution < -0.4 is 5.32 Å². The third-order valence-electron chi connectivity index (χ3n) is 4.79. The van der Waals surface area contributed by atoms with Gasteiger partial charge in [-0.25, -0.2) is 0 Å². The summed E-state index contributed by atoms with van der Waals surface area (Å²) in [6, 6.07) is 24.7. The Balaban J connectivity index is 1.72. The monoisotopic (exact) mass is 446 g/mol. The summed E-state index contributed by atoms with van der Waals surface area (Å²) in [4.78, 5) is 27.8. The quantitative estimate of drug-likeness (QED) is 0.551. The molecule has 1 N–H and O–H groups in total. The van der Waals surface area contributed by atoms with Crippen LogP contribution in [0, 0.1) is 6.92 Å². The average molecular weight is 447 g/mol. The number of amides is 2. The Hall–Kier alpha value is -3.18. The van der Waals surface area contributed by atoms with E-state index in [0.29, 0.717) is 11.3 Å². The third kappa shape index (κ3) is 4.00. The second-order valence-electron chi connectivity index (χ2n) is 6.93. The third-order valence-corrected chi connectivity index (χ3v) is 5.28. The van der Waals surface area contributed by atoms with E-state index in [9.17, 15) is 9.59 Å². The van der Waals surface area contributed by atoms with Gasteiger partial charge < -0.3 is 5.32 Å². The molecule has 0 fully saturated rings. The van der Waals surface area contributed by atoms with Crippen LogP contribution in [0.2, 0.25) is 0 Å². The van der Waals surface area contributed by atoms with Gasteiger partial charge in [-0.3, -0.25) is 14.5 Å². The molecule has 0 saturated carbocycles. The second kappa shape index (κ2) is 8.05. The number of rotatable bonds is 5. The predicted octanol–water partition coefficient (Wildman–Crippen LogP) is 5.15. The van der Waals surface area contributed by atoms with Crippen molar-refractivity contribution < 1.29 is 9.59 Å². The minimum absolute atomic E-state index is 0.234. The summed E-state index contributed by atoms with van der Waals surface area (Å²) in [5.74, 6) is -0.617. The Morgan fingerprint density at radius 3 is 2.28 bits per heavy atom. The highest BCUT2D eigenvalue weighted by molar-refractivity contribution is 9.10. The zero-order chi connectivity index (χ0) is 20.4. The summed E-state index contributed by atoms with van der Waals surface area (Å²) < 4.78 is 0.887. The molecule has 0 aliphatic carbocycles. The second-order valence-corrected chi connectivity index (χ2v) is 7.85.